The molecular weight excluding hydrogens is 380 g/mol. The van der Waals surface area contributed by atoms with Crippen LogP contribution in [0.1, 0.15) is 39.8 Å². The van der Waals surface area contributed by atoms with E-state index in [0.717, 1.165) is 24.3 Å². The average molecular weight is 409 g/mol. The Bertz CT molecular complexity index is 1000. The number of aromatic nitrogens is 2. The fourth-order valence-electron chi connectivity index (χ4n) is 4.18. The highest BCUT2D eigenvalue weighted by Gasteiger charge is 2.27. The SMILES string of the molecule is CCOC(=O)c1nn(CC(=O)N2CCN(c3cccc(C)c3C)CC2)c2c1CC=C2. The van der Waals surface area contributed by atoms with Gasteiger partial charge in [-0.25, -0.2) is 4.79 Å². The lowest BCUT2D eigenvalue weighted by atomic mass is 10.1. The molecule has 1 aromatic heterocycles. The quantitative estimate of drug-likeness (QED) is 0.712. The van der Waals surface area contributed by atoms with E-state index in [1.165, 1.54) is 16.8 Å². The van der Waals surface area contributed by atoms with Crippen LogP contribution >= 0.6 is 0 Å². The van der Waals surface area contributed by atoms with Gasteiger partial charge in [0.15, 0.2) is 5.69 Å². The first-order valence-electron chi connectivity index (χ1n) is 10.5. The first-order chi connectivity index (χ1) is 14.5. The van der Waals surface area contributed by atoms with Gasteiger partial charge in [0.25, 0.3) is 0 Å². The van der Waals surface area contributed by atoms with Gasteiger partial charge in [-0.1, -0.05) is 18.2 Å². The number of aryl methyl sites for hydroxylation is 1. The zero-order valence-corrected chi connectivity index (χ0v) is 17.9. The van der Waals surface area contributed by atoms with Gasteiger partial charge in [-0.2, -0.15) is 5.10 Å². The lowest BCUT2D eigenvalue weighted by Gasteiger charge is -2.37. The van der Waals surface area contributed by atoms with E-state index >= 15 is 0 Å². The van der Waals surface area contributed by atoms with Crippen molar-refractivity contribution in [3.8, 4) is 0 Å². The van der Waals surface area contributed by atoms with Crippen LogP contribution < -0.4 is 4.90 Å². The van der Waals surface area contributed by atoms with Crippen molar-refractivity contribution in [1.82, 2.24) is 14.7 Å². The van der Waals surface area contributed by atoms with Gasteiger partial charge in [-0.3, -0.25) is 9.48 Å². The van der Waals surface area contributed by atoms with E-state index in [0.29, 0.717) is 31.8 Å². The fourth-order valence-corrected chi connectivity index (χ4v) is 4.18. The molecule has 1 fully saturated rings. The number of hydrogen-bond acceptors (Lipinski definition) is 5. The molecule has 0 saturated carbocycles. The van der Waals surface area contributed by atoms with E-state index in [9.17, 15) is 9.59 Å². The summed E-state index contributed by atoms with van der Waals surface area (Å²) in [7, 11) is 0. The number of carbonyl (C=O) groups is 2. The Labute approximate surface area is 176 Å². The third-order valence-electron chi connectivity index (χ3n) is 5.99. The van der Waals surface area contributed by atoms with Crippen LogP contribution in [0.15, 0.2) is 24.3 Å². The van der Waals surface area contributed by atoms with E-state index in [4.69, 9.17) is 4.74 Å². The van der Waals surface area contributed by atoms with E-state index in [1.807, 2.05) is 17.1 Å². The second-order valence-electron chi connectivity index (χ2n) is 7.78. The number of hydrogen-bond donors (Lipinski definition) is 0. The van der Waals surface area contributed by atoms with Crippen molar-refractivity contribution in [3.05, 3.63) is 52.4 Å². The Balaban J connectivity index is 1.42. The molecule has 1 aliphatic heterocycles. The summed E-state index contributed by atoms with van der Waals surface area (Å²) in [6.07, 6.45) is 4.56. The summed E-state index contributed by atoms with van der Waals surface area (Å²) in [4.78, 5) is 29.4. The maximum Gasteiger partial charge on any atom is 0.359 e. The minimum atomic E-state index is -0.425. The normalized spacial score (nSPS) is 15.4. The molecule has 0 atom stereocenters. The predicted molar refractivity (Wildman–Crippen MR) is 116 cm³/mol. The number of benzene rings is 1. The third-order valence-corrected chi connectivity index (χ3v) is 5.99. The van der Waals surface area contributed by atoms with Gasteiger partial charge in [0, 0.05) is 37.4 Å². The molecule has 1 aromatic carbocycles. The number of amides is 1. The molecule has 1 aliphatic carbocycles. The molecule has 0 N–H and O–H groups in total. The number of ether oxygens (including phenoxy) is 1. The highest BCUT2D eigenvalue weighted by molar-refractivity contribution is 5.91. The highest BCUT2D eigenvalue weighted by Crippen LogP contribution is 2.25. The summed E-state index contributed by atoms with van der Waals surface area (Å²) in [6, 6.07) is 6.36. The molecular formula is C23H28N4O3. The maximum absolute atomic E-state index is 12.9. The molecule has 0 radical (unpaired) electrons. The highest BCUT2D eigenvalue weighted by atomic mass is 16.5. The Morgan fingerprint density at radius 3 is 2.63 bits per heavy atom. The number of anilines is 1. The molecule has 7 nitrogen and oxygen atoms in total. The molecule has 1 amide bonds. The molecule has 0 spiro atoms. The van der Waals surface area contributed by atoms with Crippen molar-refractivity contribution in [1.29, 1.82) is 0 Å². The first kappa shape index (κ1) is 20.2. The Hall–Kier alpha value is -3.09. The number of allylic oxidation sites excluding steroid dienone is 1. The van der Waals surface area contributed by atoms with Crippen molar-refractivity contribution in [2.75, 3.05) is 37.7 Å². The number of fused-ring (bicyclic) bond motifs is 1. The van der Waals surface area contributed by atoms with Crippen molar-refractivity contribution in [2.45, 2.75) is 33.7 Å². The van der Waals surface area contributed by atoms with Gasteiger partial charge in [0.1, 0.15) is 6.54 Å². The molecule has 2 heterocycles. The Morgan fingerprint density at radius 1 is 1.13 bits per heavy atom. The average Bonchev–Trinajstić information content (AvgIpc) is 3.34. The lowest BCUT2D eigenvalue weighted by molar-refractivity contribution is -0.132. The zero-order chi connectivity index (χ0) is 21.3. The van der Waals surface area contributed by atoms with Gasteiger partial charge in [0.05, 0.1) is 12.3 Å². The second kappa shape index (κ2) is 8.34. The van der Waals surface area contributed by atoms with Gasteiger partial charge in [-0.05, 0) is 50.5 Å². The summed E-state index contributed by atoms with van der Waals surface area (Å²) in [5.74, 6) is -0.401. The molecule has 2 aromatic rings. The van der Waals surface area contributed by atoms with E-state index in [-0.39, 0.29) is 12.5 Å². The Morgan fingerprint density at radius 2 is 1.90 bits per heavy atom. The van der Waals surface area contributed by atoms with Crippen molar-refractivity contribution < 1.29 is 14.3 Å². The largest absolute Gasteiger partial charge is 0.461 e. The molecule has 158 valence electrons. The van der Waals surface area contributed by atoms with E-state index in [2.05, 4.69) is 42.0 Å². The van der Waals surface area contributed by atoms with Crippen molar-refractivity contribution >= 4 is 23.6 Å². The van der Waals surface area contributed by atoms with Crippen LogP contribution in [0.3, 0.4) is 0 Å². The molecule has 30 heavy (non-hydrogen) atoms. The minimum Gasteiger partial charge on any atom is -0.461 e. The number of piperazine rings is 1. The van der Waals surface area contributed by atoms with Crippen LogP contribution in [0, 0.1) is 13.8 Å². The number of rotatable bonds is 5. The second-order valence-corrected chi connectivity index (χ2v) is 7.78. The summed E-state index contributed by atoms with van der Waals surface area (Å²) in [5.41, 5.74) is 5.83. The van der Waals surface area contributed by atoms with Crippen molar-refractivity contribution in [2.24, 2.45) is 0 Å². The monoisotopic (exact) mass is 408 g/mol. The Kier molecular flexibility index (Phi) is 5.61. The van der Waals surface area contributed by atoms with Crippen LogP contribution in [0.4, 0.5) is 5.69 Å². The van der Waals surface area contributed by atoms with Gasteiger partial charge >= 0.3 is 5.97 Å². The van der Waals surface area contributed by atoms with Gasteiger partial charge in [-0.15, -0.1) is 0 Å². The summed E-state index contributed by atoms with van der Waals surface area (Å²) in [5, 5.41) is 4.40. The predicted octanol–water partition coefficient (Wildman–Crippen LogP) is 2.59. The molecule has 0 bridgehead atoms. The molecule has 4 rings (SSSR count). The summed E-state index contributed by atoms with van der Waals surface area (Å²) >= 11 is 0. The van der Waals surface area contributed by atoms with Crippen LogP contribution in [0.25, 0.3) is 6.08 Å². The maximum atomic E-state index is 12.9. The smallest absolute Gasteiger partial charge is 0.359 e. The molecule has 7 heteroatoms. The van der Waals surface area contributed by atoms with E-state index < -0.39 is 5.97 Å². The molecule has 2 aliphatic rings. The number of carbonyl (C=O) groups excluding carboxylic acids is 2. The van der Waals surface area contributed by atoms with Crippen LogP contribution in [-0.4, -0.2) is 59.3 Å². The molecule has 1 saturated heterocycles. The standard InChI is InChI=1S/C23H28N4O3/c1-4-30-23(29)22-18-8-6-10-20(18)27(24-22)15-21(28)26-13-11-25(12-14-26)19-9-5-7-16(2)17(19)3/h5-7,9-10H,4,8,11-15H2,1-3H3. The summed E-state index contributed by atoms with van der Waals surface area (Å²) in [6.45, 7) is 9.45. The minimum absolute atomic E-state index is 0.0247. The van der Waals surface area contributed by atoms with Gasteiger partial charge < -0.3 is 14.5 Å². The van der Waals surface area contributed by atoms with Crippen LogP contribution in [0.2, 0.25) is 0 Å². The lowest BCUT2D eigenvalue weighted by Crippen LogP contribution is -2.50. The summed E-state index contributed by atoms with van der Waals surface area (Å²) < 4.78 is 6.76. The zero-order valence-electron chi connectivity index (χ0n) is 17.9. The topological polar surface area (TPSA) is 67.7 Å². The molecule has 0 unspecified atom stereocenters. The van der Waals surface area contributed by atoms with E-state index in [1.54, 1.807) is 11.6 Å². The van der Waals surface area contributed by atoms with Crippen molar-refractivity contribution in [3.63, 3.8) is 0 Å². The van der Waals surface area contributed by atoms with Crippen LogP contribution in [0.5, 0.6) is 0 Å². The number of esters is 1. The third kappa shape index (κ3) is 3.72. The van der Waals surface area contributed by atoms with Gasteiger partial charge in [0.2, 0.25) is 5.91 Å². The number of nitrogens with zero attached hydrogens (tertiary/aromatic N) is 4. The fraction of sp³-hybridized carbons (Fsp3) is 0.435. The van der Waals surface area contributed by atoms with Crippen LogP contribution in [-0.2, 0) is 22.5 Å². The first-order valence-corrected chi connectivity index (χ1v) is 10.5.